The number of hydrogen-bond acceptors (Lipinski definition) is 4. The first kappa shape index (κ1) is 22.0. The SMILES string of the molecule is NC(=O)c1c(N)c2ccc(C(N)=NC3CCC(N)CC3)cc2n1Cc1cccc2ccccc12. The molecule has 8 N–H and O–H groups in total. The number of nitrogens with two attached hydrogens (primary N) is 4. The van der Waals surface area contributed by atoms with Crippen LogP contribution in [0, 0.1) is 0 Å². The maximum absolute atomic E-state index is 12.4. The number of aliphatic imine (C=N–C) groups is 1. The van der Waals surface area contributed by atoms with Gasteiger partial charge in [-0.25, -0.2) is 0 Å². The quantitative estimate of drug-likeness (QED) is 0.271. The van der Waals surface area contributed by atoms with Gasteiger partial charge in [0.05, 0.1) is 17.2 Å². The number of carbonyl (C=O) groups is 1. The molecule has 0 spiro atoms. The predicted molar refractivity (Wildman–Crippen MR) is 139 cm³/mol. The lowest BCUT2D eigenvalue weighted by molar-refractivity contribution is 0.0993. The zero-order valence-corrected chi connectivity index (χ0v) is 19.1. The van der Waals surface area contributed by atoms with Crippen LogP contribution in [0.2, 0.25) is 0 Å². The maximum Gasteiger partial charge on any atom is 0.267 e. The average Bonchev–Trinajstić information content (AvgIpc) is 3.11. The fourth-order valence-electron chi connectivity index (χ4n) is 5.07. The second-order valence-electron chi connectivity index (χ2n) is 9.17. The second kappa shape index (κ2) is 8.83. The highest BCUT2D eigenvalue weighted by atomic mass is 16.1. The first-order valence-corrected chi connectivity index (χ1v) is 11.7. The van der Waals surface area contributed by atoms with Gasteiger partial charge in [-0.1, -0.05) is 48.5 Å². The largest absolute Gasteiger partial charge is 0.396 e. The van der Waals surface area contributed by atoms with E-state index >= 15 is 0 Å². The Labute approximate surface area is 198 Å². The van der Waals surface area contributed by atoms with E-state index < -0.39 is 5.91 Å². The molecule has 7 nitrogen and oxygen atoms in total. The van der Waals surface area contributed by atoms with E-state index in [-0.39, 0.29) is 12.1 Å². The number of carbonyl (C=O) groups excluding carboxylic acids is 1. The number of amides is 1. The van der Waals surface area contributed by atoms with Crippen molar-refractivity contribution in [3.8, 4) is 0 Å². The third kappa shape index (κ3) is 3.99. The number of benzene rings is 3. The standard InChI is InChI=1S/C27H30N6O/c28-19-9-11-20(12-10-19)32-26(30)17-8-13-22-23(14-17)33(25(24(22)29)27(31)34)15-18-6-3-5-16-4-1-2-7-21(16)18/h1-8,13-14,19-20H,9-12,15,28-29H2,(H2,30,32)(H2,31,34). The number of anilines is 1. The number of fused-ring (bicyclic) bond motifs is 2. The molecule has 4 aromatic rings. The molecule has 174 valence electrons. The summed E-state index contributed by atoms with van der Waals surface area (Å²) in [4.78, 5) is 17.2. The van der Waals surface area contributed by atoms with Crippen molar-refractivity contribution in [3.05, 3.63) is 77.5 Å². The normalized spacial score (nSPS) is 19.0. The minimum Gasteiger partial charge on any atom is -0.396 e. The van der Waals surface area contributed by atoms with Gasteiger partial charge in [0.1, 0.15) is 11.5 Å². The molecule has 0 atom stereocenters. The molecule has 7 heteroatoms. The molecule has 1 fully saturated rings. The Morgan fingerprint density at radius 2 is 1.68 bits per heavy atom. The molecule has 1 amide bonds. The summed E-state index contributed by atoms with van der Waals surface area (Å²) in [6.07, 6.45) is 3.82. The van der Waals surface area contributed by atoms with E-state index in [9.17, 15) is 4.79 Å². The van der Waals surface area contributed by atoms with Crippen LogP contribution in [0.4, 0.5) is 5.69 Å². The van der Waals surface area contributed by atoms with Crippen LogP contribution in [0.15, 0.2) is 65.7 Å². The number of hydrogen-bond donors (Lipinski definition) is 4. The Morgan fingerprint density at radius 3 is 2.44 bits per heavy atom. The number of primary amides is 1. The van der Waals surface area contributed by atoms with Gasteiger partial charge in [0.25, 0.3) is 5.91 Å². The van der Waals surface area contributed by atoms with Crippen molar-refractivity contribution in [2.75, 3.05) is 5.73 Å². The molecule has 1 aliphatic rings. The minimum atomic E-state index is -0.560. The van der Waals surface area contributed by atoms with Crippen molar-refractivity contribution in [2.24, 2.45) is 22.2 Å². The summed E-state index contributed by atoms with van der Waals surface area (Å²) < 4.78 is 1.89. The van der Waals surface area contributed by atoms with E-state index in [1.54, 1.807) is 0 Å². The van der Waals surface area contributed by atoms with E-state index in [1.807, 2.05) is 41.0 Å². The zero-order valence-electron chi connectivity index (χ0n) is 19.1. The number of amidine groups is 1. The van der Waals surface area contributed by atoms with Gasteiger partial charge < -0.3 is 27.5 Å². The molecule has 0 aliphatic heterocycles. The molecule has 34 heavy (non-hydrogen) atoms. The summed E-state index contributed by atoms with van der Waals surface area (Å²) in [5.74, 6) is -0.0739. The van der Waals surface area contributed by atoms with Gasteiger partial charge in [0, 0.05) is 23.5 Å². The molecular weight excluding hydrogens is 424 g/mol. The molecule has 0 saturated heterocycles. The van der Waals surface area contributed by atoms with Gasteiger partial charge >= 0.3 is 0 Å². The molecule has 1 aliphatic carbocycles. The Morgan fingerprint density at radius 1 is 0.941 bits per heavy atom. The van der Waals surface area contributed by atoms with Crippen LogP contribution in [-0.2, 0) is 6.54 Å². The lowest BCUT2D eigenvalue weighted by Crippen LogP contribution is -2.29. The number of aromatic nitrogens is 1. The summed E-state index contributed by atoms with van der Waals surface area (Å²) in [5, 5.41) is 3.03. The van der Waals surface area contributed by atoms with Crippen molar-refractivity contribution in [1.29, 1.82) is 0 Å². The van der Waals surface area contributed by atoms with Crippen molar-refractivity contribution in [3.63, 3.8) is 0 Å². The molecule has 1 saturated carbocycles. The van der Waals surface area contributed by atoms with Crippen molar-refractivity contribution < 1.29 is 4.79 Å². The number of nitrogen functional groups attached to an aromatic ring is 1. The van der Waals surface area contributed by atoms with Crippen LogP contribution in [-0.4, -0.2) is 28.4 Å². The Balaban J connectivity index is 1.60. The van der Waals surface area contributed by atoms with Crippen molar-refractivity contribution in [2.45, 2.75) is 44.3 Å². The van der Waals surface area contributed by atoms with E-state index in [4.69, 9.17) is 27.9 Å². The van der Waals surface area contributed by atoms with Crippen molar-refractivity contribution >= 4 is 39.1 Å². The molecule has 3 aromatic carbocycles. The van der Waals surface area contributed by atoms with E-state index in [2.05, 4.69) is 24.3 Å². The van der Waals surface area contributed by atoms with Gasteiger partial charge in [-0.3, -0.25) is 9.79 Å². The van der Waals surface area contributed by atoms with E-state index in [0.717, 1.165) is 58.5 Å². The highest BCUT2D eigenvalue weighted by Gasteiger charge is 2.22. The third-order valence-corrected chi connectivity index (χ3v) is 6.90. The number of nitrogens with zero attached hydrogens (tertiary/aromatic N) is 2. The first-order valence-electron chi connectivity index (χ1n) is 11.7. The van der Waals surface area contributed by atoms with Gasteiger partial charge in [-0.15, -0.1) is 0 Å². The van der Waals surface area contributed by atoms with E-state index in [0.29, 0.717) is 23.8 Å². The summed E-state index contributed by atoms with van der Waals surface area (Å²) in [6.45, 7) is 0.453. The lowest BCUT2D eigenvalue weighted by Gasteiger charge is -2.23. The Bertz CT molecular complexity index is 1410. The van der Waals surface area contributed by atoms with Crippen LogP contribution < -0.4 is 22.9 Å². The summed E-state index contributed by atoms with van der Waals surface area (Å²) >= 11 is 0. The van der Waals surface area contributed by atoms with Crippen molar-refractivity contribution in [1.82, 2.24) is 4.57 Å². The van der Waals surface area contributed by atoms with Gasteiger partial charge in [-0.2, -0.15) is 0 Å². The molecule has 1 heterocycles. The van der Waals surface area contributed by atoms with Gasteiger partial charge in [0.2, 0.25) is 0 Å². The summed E-state index contributed by atoms with van der Waals surface area (Å²) in [6, 6.07) is 20.5. The minimum absolute atomic E-state index is 0.184. The third-order valence-electron chi connectivity index (χ3n) is 6.90. The topological polar surface area (TPSA) is 138 Å². The Kier molecular flexibility index (Phi) is 5.71. The van der Waals surface area contributed by atoms with Crippen LogP contribution in [0.3, 0.4) is 0 Å². The van der Waals surface area contributed by atoms with Gasteiger partial charge in [0.15, 0.2) is 0 Å². The zero-order chi connectivity index (χ0) is 23.8. The molecular formula is C27H30N6O. The molecule has 0 bridgehead atoms. The highest BCUT2D eigenvalue weighted by Crippen LogP contribution is 2.31. The monoisotopic (exact) mass is 454 g/mol. The highest BCUT2D eigenvalue weighted by molar-refractivity contribution is 6.09. The average molecular weight is 455 g/mol. The first-order chi connectivity index (χ1) is 16.4. The molecule has 0 unspecified atom stereocenters. The van der Waals surface area contributed by atoms with Crippen LogP contribution in [0.5, 0.6) is 0 Å². The maximum atomic E-state index is 12.4. The van der Waals surface area contributed by atoms with Crippen LogP contribution in [0.1, 0.15) is 47.3 Å². The van der Waals surface area contributed by atoms with Crippen LogP contribution >= 0.6 is 0 Å². The molecule has 5 rings (SSSR count). The fourth-order valence-corrected chi connectivity index (χ4v) is 5.07. The predicted octanol–water partition coefficient (Wildman–Crippen LogP) is 3.50. The Hall–Kier alpha value is -3.84. The fraction of sp³-hybridized carbons (Fsp3) is 0.259. The molecule has 0 radical (unpaired) electrons. The van der Waals surface area contributed by atoms with Crippen LogP contribution in [0.25, 0.3) is 21.7 Å². The number of rotatable bonds is 5. The summed E-state index contributed by atoms with van der Waals surface area (Å²) in [7, 11) is 0. The molecule has 1 aromatic heterocycles. The van der Waals surface area contributed by atoms with E-state index in [1.165, 1.54) is 0 Å². The summed E-state index contributed by atoms with van der Waals surface area (Å²) in [5.41, 5.74) is 28.0. The van der Waals surface area contributed by atoms with Gasteiger partial charge in [-0.05, 0) is 54.2 Å². The second-order valence-corrected chi connectivity index (χ2v) is 9.17. The lowest BCUT2D eigenvalue weighted by atomic mass is 9.92. The smallest absolute Gasteiger partial charge is 0.267 e.